The number of rotatable bonds is 4. The number of aromatic amines is 1. The summed E-state index contributed by atoms with van der Waals surface area (Å²) < 4.78 is 14.2. The molecule has 0 aliphatic carbocycles. The summed E-state index contributed by atoms with van der Waals surface area (Å²) in [5.74, 6) is -0.762. The van der Waals surface area contributed by atoms with Crippen LogP contribution in [0.2, 0.25) is 5.02 Å². The molecule has 7 heteroatoms. The zero-order valence-electron chi connectivity index (χ0n) is 15.9. The van der Waals surface area contributed by atoms with E-state index in [-0.39, 0.29) is 35.6 Å². The number of H-pyrrole nitrogens is 1. The molecule has 4 rings (SSSR count). The van der Waals surface area contributed by atoms with E-state index in [1.165, 1.54) is 12.1 Å². The lowest BCUT2D eigenvalue weighted by Gasteiger charge is -2.42. The number of nitrogens with one attached hydrogen (secondary N) is 1. The molecule has 1 aliphatic rings. The molecule has 0 fully saturated rings. The smallest absolute Gasteiger partial charge is 0.228 e. The summed E-state index contributed by atoms with van der Waals surface area (Å²) in [5, 5.41) is 17.1. The minimum absolute atomic E-state index is 0.150. The summed E-state index contributed by atoms with van der Waals surface area (Å²) in [4.78, 5) is 14.8. The topological polar surface area (TPSA) is 69.2 Å². The molecule has 3 aromatic rings. The van der Waals surface area contributed by atoms with Crippen molar-refractivity contribution in [3.8, 4) is 11.1 Å². The Bertz CT molecular complexity index is 1020. The van der Waals surface area contributed by atoms with Gasteiger partial charge in [0.1, 0.15) is 5.82 Å². The van der Waals surface area contributed by atoms with Gasteiger partial charge in [0, 0.05) is 22.3 Å². The normalized spacial score (nSPS) is 18.6. The monoisotopic (exact) mass is 413 g/mol. The van der Waals surface area contributed by atoms with Crippen LogP contribution in [0.3, 0.4) is 0 Å². The largest absolute Gasteiger partial charge is 0.394 e. The highest BCUT2D eigenvalue weighted by molar-refractivity contribution is 6.31. The summed E-state index contributed by atoms with van der Waals surface area (Å²) in [7, 11) is 0. The standard InChI is InChI=1S/C22H21ClFN3O2/c1-13-16-4-2-5-17(14-10-25-26-11-14)18(16)8-15(12-28)27(13)22(29)9-19-20(23)6-3-7-21(19)24/h2-7,10-11,13,15,28H,8-9,12H2,1H3,(H,25,26)/t13-,15+/m0/s1. The molecule has 5 nitrogen and oxygen atoms in total. The van der Waals surface area contributed by atoms with Crippen molar-refractivity contribution in [2.75, 3.05) is 6.61 Å². The third-order valence-corrected chi connectivity index (χ3v) is 5.96. The summed E-state index contributed by atoms with van der Waals surface area (Å²) in [6.45, 7) is 1.75. The summed E-state index contributed by atoms with van der Waals surface area (Å²) in [6.07, 6.45) is 3.94. The van der Waals surface area contributed by atoms with Crippen molar-refractivity contribution in [1.82, 2.24) is 15.1 Å². The predicted octanol–water partition coefficient (Wildman–Crippen LogP) is 3.92. The van der Waals surface area contributed by atoms with Crippen LogP contribution in [0.5, 0.6) is 0 Å². The van der Waals surface area contributed by atoms with Crippen molar-refractivity contribution in [3.63, 3.8) is 0 Å². The van der Waals surface area contributed by atoms with E-state index in [1.807, 2.05) is 31.3 Å². The van der Waals surface area contributed by atoms with Crippen molar-refractivity contribution >= 4 is 17.5 Å². The van der Waals surface area contributed by atoms with E-state index in [0.717, 1.165) is 22.3 Å². The first-order valence-corrected chi connectivity index (χ1v) is 9.85. The lowest BCUT2D eigenvalue weighted by Crippen LogP contribution is -2.49. The van der Waals surface area contributed by atoms with Crippen LogP contribution < -0.4 is 0 Å². The van der Waals surface area contributed by atoms with Gasteiger partial charge in [-0.05, 0) is 42.2 Å². The van der Waals surface area contributed by atoms with Gasteiger partial charge >= 0.3 is 0 Å². The number of aliphatic hydroxyl groups excluding tert-OH is 1. The first-order valence-electron chi connectivity index (χ1n) is 9.47. The molecule has 1 aromatic heterocycles. The maximum Gasteiger partial charge on any atom is 0.228 e. The van der Waals surface area contributed by atoms with Crippen molar-refractivity contribution in [2.45, 2.75) is 31.8 Å². The van der Waals surface area contributed by atoms with E-state index < -0.39 is 11.9 Å². The van der Waals surface area contributed by atoms with Crippen LogP contribution in [-0.2, 0) is 17.6 Å². The minimum Gasteiger partial charge on any atom is -0.394 e. The molecule has 0 radical (unpaired) electrons. The minimum atomic E-state index is -0.501. The number of amides is 1. The van der Waals surface area contributed by atoms with E-state index in [4.69, 9.17) is 11.6 Å². The zero-order chi connectivity index (χ0) is 20.5. The van der Waals surface area contributed by atoms with Gasteiger partial charge < -0.3 is 10.0 Å². The second-order valence-corrected chi connectivity index (χ2v) is 7.66. The summed E-state index contributed by atoms with van der Waals surface area (Å²) in [6, 6.07) is 9.68. The Hall–Kier alpha value is -2.70. The number of halogens is 2. The molecular formula is C22H21ClFN3O2. The number of hydrogen-bond donors (Lipinski definition) is 2. The molecule has 0 spiro atoms. The number of fused-ring (bicyclic) bond motifs is 1. The molecule has 0 bridgehead atoms. The fraction of sp³-hybridized carbons (Fsp3) is 0.273. The SMILES string of the molecule is C[C@H]1c2cccc(-c3cn[nH]c3)c2C[C@H](CO)N1C(=O)Cc1c(F)cccc1Cl. The highest BCUT2D eigenvalue weighted by atomic mass is 35.5. The highest BCUT2D eigenvalue weighted by Gasteiger charge is 2.36. The number of aliphatic hydroxyl groups is 1. The Morgan fingerprint density at radius 3 is 2.83 bits per heavy atom. The molecule has 2 atom stereocenters. The van der Waals surface area contributed by atoms with Gasteiger partial charge in [0.2, 0.25) is 5.91 Å². The van der Waals surface area contributed by atoms with Crippen LogP contribution in [0.25, 0.3) is 11.1 Å². The van der Waals surface area contributed by atoms with E-state index in [9.17, 15) is 14.3 Å². The van der Waals surface area contributed by atoms with Gasteiger partial charge in [-0.2, -0.15) is 5.10 Å². The number of benzene rings is 2. The predicted molar refractivity (Wildman–Crippen MR) is 109 cm³/mol. The van der Waals surface area contributed by atoms with E-state index in [0.29, 0.717) is 6.42 Å². The molecular weight excluding hydrogens is 393 g/mol. The van der Waals surface area contributed by atoms with Gasteiger partial charge in [-0.25, -0.2) is 4.39 Å². The second-order valence-electron chi connectivity index (χ2n) is 7.25. The average Bonchev–Trinajstić information content (AvgIpc) is 3.24. The van der Waals surface area contributed by atoms with Crippen molar-refractivity contribution in [2.24, 2.45) is 0 Å². The second kappa shape index (κ2) is 7.97. The first kappa shape index (κ1) is 19.6. The summed E-state index contributed by atoms with van der Waals surface area (Å²) in [5.41, 5.74) is 4.28. The van der Waals surface area contributed by atoms with Crippen LogP contribution >= 0.6 is 11.6 Å². The van der Waals surface area contributed by atoms with Crippen molar-refractivity contribution in [1.29, 1.82) is 0 Å². The molecule has 1 aliphatic heterocycles. The number of hydrogen-bond acceptors (Lipinski definition) is 3. The molecule has 1 amide bonds. The molecule has 0 saturated heterocycles. The maximum atomic E-state index is 14.2. The number of carbonyl (C=O) groups is 1. The zero-order valence-corrected chi connectivity index (χ0v) is 16.7. The first-order chi connectivity index (χ1) is 14.0. The molecule has 150 valence electrons. The average molecular weight is 414 g/mol. The quantitative estimate of drug-likeness (QED) is 0.681. The molecule has 0 saturated carbocycles. The molecule has 0 unspecified atom stereocenters. The van der Waals surface area contributed by atoms with Crippen LogP contribution in [0.15, 0.2) is 48.8 Å². The van der Waals surface area contributed by atoms with E-state index in [1.54, 1.807) is 17.2 Å². The van der Waals surface area contributed by atoms with Crippen LogP contribution in [0.1, 0.15) is 29.7 Å². The Morgan fingerprint density at radius 1 is 1.34 bits per heavy atom. The molecule has 29 heavy (non-hydrogen) atoms. The van der Waals surface area contributed by atoms with Gasteiger partial charge in [0.15, 0.2) is 0 Å². The Labute approximate surface area is 173 Å². The molecule has 2 N–H and O–H groups in total. The van der Waals surface area contributed by atoms with Gasteiger partial charge in [-0.3, -0.25) is 9.89 Å². The van der Waals surface area contributed by atoms with Gasteiger partial charge in [-0.1, -0.05) is 35.9 Å². The van der Waals surface area contributed by atoms with E-state index in [2.05, 4.69) is 10.2 Å². The van der Waals surface area contributed by atoms with E-state index >= 15 is 0 Å². The van der Waals surface area contributed by atoms with Crippen LogP contribution in [-0.4, -0.2) is 38.8 Å². The fourth-order valence-electron chi connectivity index (χ4n) is 4.21. The van der Waals surface area contributed by atoms with Crippen molar-refractivity contribution in [3.05, 3.63) is 76.3 Å². The molecule has 2 heterocycles. The van der Waals surface area contributed by atoms with Crippen molar-refractivity contribution < 1.29 is 14.3 Å². The Morgan fingerprint density at radius 2 is 2.14 bits per heavy atom. The van der Waals surface area contributed by atoms with Crippen LogP contribution in [0.4, 0.5) is 4.39 Å². The fourth-order valence-corrected chi connectivity index (χ4v) is 4.44. The lowest BCUT2D eigenvalue weighted by molar-refractivity contribution is -0.137. The van der Waals surface area contributed by atoms with Gasteiger partial charge in [-0.15, -0.1) is 0 Å². The number of aromatic nitrogens is 2. The maximum absolute atomic E-state index is 14.2. The van der Waals surface area contributed by atoms with Gasteiger partial charge in [0.25, 0.3) is 0 Å². The van der Waals surface area contributed by atoms with Gasteiger partial charge in [0.05, 0.1) is 31.3 Å². The Kier molecular flexibility index (Phi) is 5.39. The lowest BCUT2D eigenvalue weighted by atomic mass is 9.84. The number of carbonyl (C=O) groups excluding carboxylic acids is 1. The summed E-state index contributed by atoms with van der Waals surface area (Å²) >= 11 is 6.11. The Balaban J connectivity index is 1.70. The number of nitrogens with zero attached hydrogens (tertiary/aromatic N) is 2. The molecule has 2 aromatic carbocycles. The van der Waals surface area contributed by atoms with Crippen LogP contribution in [0, 0.1) is 5.82 Å². The third kappa shape index (κ3) is 3.54. The third-order valence-electron chi connectivity index (χ3n) is 5.61. The highest BCUT2D eigenvalue weighted by Crippen LogP contribution is 2.38.